The topological polar surface area (TPSA) is 47.7 Å². The SMILES string of the molecule is Cc1nn(C)c(-n2cccn2)c1CNC(C)(C)C. The van der Waals surface area contributed by atoms with Crippen molar-refractivity contribution in [2.45, 2.75) is 39.8 Å². The van der Waals surface area contributed by atoms with Gasteiger partial charge in [0.2, 0.25) is 0 Å². The van der Waals surface area contributed by atoms with Crippen molar-refractivity contribution in [3.8, 4) is 5.82 Å². The molecule has 0 amide bonds. The van der Waals surface area contributed by atoms with Crippen molar-refractivity contribution < 1.29 is 0 Å². The van der Waals surface area contributed by atoms with Crippen LogP contribution in [0.2, 0.25) is 0 Å². The maximum atomic E-state index is 4.48. The highest BCUT2D eigenvalue weighted by Crippen LogP contribution is 2.17. The molecule has 0 atom stereocenters. The minimum Gasteiger partial charge on any atom is -0.308 e. The molecule has 0 saturated carbocycles. The summed E-state index contributed by atoms with van der Waals surface area (Å²) < 4.78 is 3.74. The van der Waals surface area contributed by atoms with Gasteiger partial charge in [0.15, 0.2) is 5.82 Å². The second-order valence-corrected chi connectivity index (χ2v) is 5.57. The normalized spacial score (nSPS) is 12.1. The monoisotopic (exact) mass is 247 g/mol. The fourth-order valence-electron chi connectivity index (χ4n) is 1.93. The van der Waals surface area contributed by atoms with Crippen LogP contribution in [0.15, 0.2) is 18.5 Å². The highest BCUT2D eigenvalue weighted by Gasteiger charge is 2.17. The fourth-order valence-corrected chi connectivity index (χ4v) is 1.93. The van der Waals surface area contributed by atoms with Crippen LogP contribution in [-0.2, 0) is 13.6 Å². The van der Waals surface area contributed by atoms with Crippen LogP contribution in [0.3, 0.4) is 0 Å². The van der Waals surface area contributed by atoms with Crippen molar-refractivity contribution in [2.75, 3.05) is 0 Å². The molecule has 2 aromatic rings. The van der Waals surface area contributed by atoms with Gasteiger partial charge in [-0.05, 0) is 33.8 Å². The predicted octanol–water partition coefficient (Wildman–Crippen LogP) is 1.80. The van der Waals surface area contributed by atoms with Crippen LogP contribution >= 0.6 is 0 Å². The Balaban J connectivity index is 2.35. The third-order valence-electron chi connectivity index (χ3n) is 2.83. The molecule has 2 aromatic heterocycles. The molecule has 0 spiro atoms. The maximum Gasteiger partial charge on any atom is 0.156 e. The van der Waals surface area contributed by atoms with Gasteiger partial charge in [-0.3, -0.25) is 4.68 Å². The summed E-state index contributed by atoms with van der Waals surface area (Å²) in [6, 6.07) is 1.92. The Bertz CT molecular complexity index is 516. The quantitative estimate of drug-likeness (QED) is 0.899. The van der Waals surface area contributed by atoms with E-state index in [1.54, 1.807) is 6.20 Å². The van der Waals surface area contributed by atoms with Crippen LogP contribution in [0, 0.1) is 6.92 Å². The molecule has 0 bridgehead atoms. The maximum absolute atomic E-state index is 4.48. The largest absolute Gasteiger partial charge is 0.308 e. The molecule has 0 radical (unpaired) electrons. The number of hydrogen-bond acceptors (Lipinski definition) is 3. The first kappa shape index (κ1) is 12.8. The smallest absolute Gasteiger partial charge is 0.156 e. The van der Waals surface area contributed by atoms with E-state index in [1.165, 1.54) is 5.56 Å². The fraction of sp³-hybridized carbons (Fsp3) is 0.538. The van der Waals surface area contributed by atoms with Crippen molar-refractivity contribution in [1.82, 2.24) is 24.9 Å². The Morgan fingerprint density at radius 3 is 2.61 bits per heavy atom. The van der Waals surface area contributed by atoms with Gasteiger partial charge in [-0.15, -0.1) is 0 Å². The van der Waals surface area contributed by atoms with E-state index >= 15 is 0 Å². The van der Waals surface area contributed by atoms with Gasteiger partial charge in [-0.1, -0.05) is 0 Å². The number of hydrogen-bond donors (Lipinski definition) is 1. The Morgan fingerprint density at radius 1 is 1.33 bits per heavy atom. The van der Waals surface area contributed by atoms with E-state index in [4.69, 9.17) is 0 Å². The van der Waals surface area contributed by atoms with Crippen molar-refractivity contribution in [2.24, 2.45) is 7.05 Å². The van der Waals surface area contributed by atoms with Crippen LogP contribution in [0.25, 0.3) is 5.82 Å². The third-order valence-corrected chi connectivity index (χ3v) is 2.83. The van der Waals surface area contributed by atoms with Crippen LogP contribution in [0.5, 0.6) is 0 Å². The molecule has 0 aliphatic heterocycles. The highest BCUT2D eigenvalue weighted by molar-refractivity contribution is 5.37. The summed E-state index contributed by atoms with van der Waals surface area (Å²) in [5.41, 5.74) is 2.32. The molecule has 2 rings (SSSR count). The number of aryl methyl sites for hydroxylation is 2. The average molecular weight is 247 g/mol. The van der Waals surface area contributed by atoms with E-state index < -0.39 is 0 Å². The second kappa shape index (κ2) is 4.57. The van der Waals surface area contributed by atoms with E-state index in [2.05, 4.69) is 36.3 Å². The third kappa shape index (κ3) is 2.61. The summed E-state index contributed by atoms with van der Waals surface area (Å²) in [6.07, 6.45) is 3.72. The molecule has 5 heteroatoms. The zero-order chi connectivity index (χ0) is 13.3. The van der Waals surface area contributed by atoms with Crippen LogP contribution in [-0.4, -0.2) is 25.1 Å². The molecule has 0 aliphatic rings. The minimum atomic E-state index is 0.0870. The van der Waals surface area contributed by atoms with Gasteiger partial charge >= 0.3 is 0 Å². The summed E-state index contributed by atoms with van der Waals surface area (Å²) in [5.74, 6) is 1.02. The molecule has 98 valence electrons. The van der Waals surface area contributed by atoms with Crippen molar-refractivity contribution in [3.05, 3.63) is 29.7 Å². The summed E-state index contributed by atoms with van der Waals surface area (Å²) in [6.45, 7) is 9.30. The van der Waals surface area contributed by atoms with Gasteiger partial charge in [-0.2, -0.15) is 10.2 Å². The number of rotatable bonds is 3. The first-order valence-corrected chi connectivity index (χ1v) is 6.16. The van der Waals surface area contributed by atoms with E-state index in [1.807, 2.05) is 35.6 Å². The van der Waals surface area contributed by atoms with Crippen LogP contribution in [0.4, 0.5) is 0 Å². The van der Waals surface area contributed by atoms with E-state index in [0.29, 0.717) is 0 Å². The molecule has 5 nitrogen and oxygen atoms in total. The molecule has 0 aromatic carbocycles. The molecule has 1 N–H and O–H groups in total. The molecule has 0 fully saturated rings. The summed E-state index contributed by atoms with van der Waals surface area (Å²) in [5, 5.41) is 12.3. The molecule has 0 unspecified atom stereocenters. The Kier molecular flexibility index (Phi) is 3.26. The van der Waals surface area contributed by atoms with Crippen LogP contribution in [0.1, 0.15) is 32.0 Å². The lowest BCUT2D eigenvalue weighted by Gasteiger charge is -2.20. The average Bonchev–Trinajstić information content (AvgIpc) is 2.82. The zero-order valence-electron chi connectivity index (χ0n) is 11.7. The predicted molar refractivity (Wildman–Crippen MR) is 71.7 cm³/mol. The van der Waals surface area contributed by atoms with Crippen LogP contribution < -0.4 is 5.32 Å². The summed E-state index contributed by atoms with van der Waals surface area (Å²) >= 11 is 0. The standard InChI is InChI=1S/C13H21N5/c1-10-11(9-14-13(2,3)4)12(17(5)16-10)18-8-6-7-15-18/h6-8,14H,9H2,1-5H3. The van der Waals surface area contributed by atoms with Gasteiger partial charge in [0.05, 0.1) is 5.69 Å². The van der Waals surface area contributed by atoms with Gasteiger partial charge in [0, 0.05) is 37.1 Å². The Hall–Kier alpha value is -1.62. The first-order valence-electron chi connectivity index (χ1n) is 6.16. The number of nitrogens with zero attached hydrogens (tertiary/aromatic N) is 4. The second-order valence-electron chi connectivity index (χ2n) is 5.57. The van der Waals surface area contributed by atoms with Crippen molar-refractivity contribution >= 4 is 0 Å². The van der Waals surface area contributed by atoms with E-state index in [9.17, 15) is 0 Å². The Morgan fingerprint density at radius 2 is 2.06 bits per heavy atom. The van der Waals surface area contributed by atoms with Gasteiger partial charge in [0.25, 0.3) is 0 Å². The lowest BCUT2D eigenvalue weighted by molar-refractivity contribution is 0.423. The highest BCUT2D eigenvalue weighted by atomic mass is 15.4. The van der Waals surface area contributed by atoms with Gasteiger partial charge in [0.1, 0.15) is 0 Å². The lowest BCUT2D eigenvalue weighted by Crippen LogP contribution is -2.35. The Labute approximate surface area is 108 Å². The van der Waals surface area contributed by atoms with Gasteiger partial charge < -0.3 is 5.32 Å². The molecule has 0 aliphatic carbocycles. The number of aromatic nitrogens is 4. The van der Waals surface area contributed by atoms with E-state index in [0.717, 1.165) is 18.1 Å². The van der Waals surface area contributed by atoms with E-state index in [-0.39, 0.29) is 5.54 Å². The van der Waals surface area contributed by atoms with Crippen molar-refractivity contribution in [3.63, 3.8) is 0 Å². The lowest BCUT2D eigenvalue weighted by atomic mass is 10.1. The number of nitrogens with one attached hydrogen (secondary N) is 1. The molecule has 18 heavy (non-hydrogen) atoms. The van der Waals surface area contributed by atoms with Crippen molar-refractivity contribution in [1.29, 1.82) is 0 Å². The first-order chi connectivity index (χ1) is 8.38. The molecular formula is C13H21N5. The summed E-state index contributed by atoms with van der Waals surface area (Å²) in [4.78, 5) is 0. The molecule has 2 heterocycles. The zero-order valence-corrected chi connectivity index (χ0v) is 11.7. The molecule has 0 saturated heterocycles. The van der Waals surface area contributed by atoms with Gasteiger partial charge in [-0.25, -0.2) is 4.68 Å². The summed E-state index contributed by atoms with van der Waals surface area (Å²) in [7, 11) is 1.95. The molecular weight excluding hydrogens is 226 g/mol. The minimum absolute atomic E-state index is 0.0870.